The predicted molar refractivity (Wildman–Crippen MR) is 92.2 cm³/mol. The van der Waals surface area contributed by atoms with Gasteiger partial charge in [0.25, 0.3) is 0 Å². The van der Waals surface area contributed by atoms with Crippen LogP contribution in [0, 0.1) is 11.8 Å². The Balaban J connectivity index is 2.27. The van der Waals surface area contributed by atoms with Gasteiger partial charge in [-0.2, -0.15) is 0 Å². The van der Waals surface area contributed by atoms with E-state index < -0.39 is 5.60 Å². The average molecular weight is 326 g/mol. The number of nitrogens with one attached hydrogen (secondary N) is 1. The summed E-state index contributed by atoms with van der Waals surface area (Å²) in [5.41, 5.74) is -0.490. The Bertz CT molecular complexity index is 404. The maximum Gasteiger partial charge on any atom is 0.410 e. The highest BCUT2D eigenvalue weighted by atomic mass is 16.6. The molecule has 0 aliphatic heterocycles. The Morgan fingerprint density at radius 1 is 1.22 bits per heavy atom. The topological polar surface area (TPSA) is 58.6 Å². The van der Waals surface area contributed by atoms with Crippen LogP contribution in [0.25, 0.3) is 0 Å². The number of ether oxygens (including phenoxy) is 1. The molecule has 5 heteroatoms. The van der Waals surface area contributed by atoms with Gasteiger partial charge < -0.3 is 15.0 Å². The fourth-order valence-corrected chi connectivity index (χ4v) is 2.97. The quantitative estimate of drug-likeness (QED) is 0.840. The molecule has 3 unspecified atom stereocenters. The van der Waals surface area contributed by atoms with Crippen molar-refractivity contribution in [2.75, 3.05) is 13.6 Å². The highest BCUT2D eigenvalue weighted by Crippen LogP contribution is 2.29. The first kappa shape index (κ1) is 19.8. The summed E-state index contributed by atoms with van der Waals surface area (Å²) in [6.45, 7) is 10.6. The van der Waals surface area contributed by atoms with Crippen molar-refractivity contribution in [2.45, 2.75) is 78.4 Å². The molecule has 0 bridgehead atoms. The highest BCUT2D eigenvalue weighted by molar-refractivity contribution is 5.76. The third-order valence-electron chi connectivity index (χ3n) is 4.66. The number of rotatable bonds is 5. The van der Waals surface area contributed by atoms with Gasteiger partial charge in [0, 0.05) is 26.1 Å². The van der Waals surface area contributed by atoms with Gasteiger partial charge in [0.2, 0.25) is 5.91 Å². The zero-order chi connectivity index (χ0) is 17.6. The standard InChI is InChI=1S/C18H34N2O3/c1-13-9-7-10-15(14(13)2)19-16(21)11-8-12-20(6)17(22)23-18(3,4)5/h13-15H,7-12H2,1-6H3,(H,19,21). The van der Waals surface area contributed by atoms with Gasteiger partial charge in [-0.05, 0) is 45.4 Å². The lowest BCUT2D eigenvalue weighted by atomic mass is 9.78. The second-order valence-electron chi connectivity index (χ2n) is 7.95. The summed E-state index contributed by atoms with van der Waals surface area (Å²) >= 11 is 0. The van der Waals surface area contributed by atoms with Crippen molar-refractivity contribution in [3.05, 3.63) is 0 Å². The molecule has 1 saturated carbocycles. The lowest BCUT2D eigenvalue weighted by Gasteiger charge is -2.34. The molecule has 0 aromatic carbocycles. The van der Waals surface area contributed by atoms with Crippen molar-refractivity contribution < 1.29 is 14.3 Å². The van der Waals surface area contributed by atoms with Crippen LogP contribution in [-0.4, -0.2) is 42.1 Å². The Hall–Kier alpha value is -1.26. The van der Waals surface area contributed by atoms with E-state index in [-0.39, 0.29) is 12.0 Å². The fraction of sp³-hybridized carbons (Fsp3) is 0.889. The number of nitrogens with zero attached hydrogens (tertiary/aromatic N) is 1. The summed E-state index contributed by atoms with van der Waals surface area (Å²) in [6.07, 6.45) is 4.29. The van der Waals surface area contributed by atoms with Gasteiger partial charge >= 0.3 is 6.09 Å². The molecule has 5 nitrogen and oxygen atoms in total. The molecule has 0 radical (unpaired) electrons. The van der Waals surface area contributed by atoms with Gasteiger partial charge in [-0.1, -0.05) is 26.7 Å². The van der Waals surface area contributed by atoms with Gasteiger partial charge in [0.1, 0.15) is 5.60 Å². The second kappa shape index (κ2) is 8.55. The number of hydrogen-bond acceptors (Lipinski definition) is 3. The molecule has 1 aliphatic carbocycles. The highest BCUT2D eigenvalue weighted by Gasteiger charge is 2.28. The lowest BCUT2D eigenvalue weighted by Crippen LogP contribution is -2.43. The van der Waals surface area contributed by atoms with E-state index in [9.17, 15) is 9.59 Å². The van der Waals surface area contributed by atoms with Crippen LogP contribution in [0.3, 0.4) is 0 Å². The molecule has 1 rings (SSSR count). The number of carbonyl (C=O) groups excluding carboxylic acids is 2. The van der Waals surface area contributed by atoms with Gasteiger partial charge in [0.05, 0.1) is 0 Å². The largest absolute Gasteiger partial charge is 0.444 e. The minimum atomic E-state index is -0.490. The molecule has 2 amide bonds. The van der Waals surface area contributed by atoms with Crippen LogP contribution in [0.5, 0.6) is 0 Å². The van der Waals surface area contributed by atoms with Crippen molar-refractivity contribution in [3.63, 3.8) is 0 Å². The van der Waals surface area contributed by atoms with Gasteiger partial charge in [-0.15, -0.1) is 0 Å². The number of amides is 2. The van der Waals surface area contributed by atoms with E-state index in [0.29, 0.717) is 37.3 Å². The fourth-order valence-electron chi connectivity index (χ4n) is 2.97. The Labute approximate surface area is 141 Å². The van der Waals surface area contributed by atoms with Crippen molar-refractivity contribution in [3.8, 4) is 0 Å². The third kappa shape index (κ3) is 7.23. The van der Waals surface area contributed by atoms with Crippen LogP contribution in [0.1, 0.15) is 66.7 Å². The van der Waals surface area contributed by atoms with Crippen LogP contribution in [0.2, 0.25) is 0 Å². The van der Waals surface area contributed by atoms with Gasteiger partial charge in [-0.25, -0.2) is 4.79 Å². The van der Waals surface area contributed by atoms with Crippen LogP contribution < -0.4 is 5.32 Å². The molecule has 0 aromatic heterocycles. The first-order valence-corrected chi connectivity index (χ1v) is 8.83. The SMILES string of the molecule is CC1CCCC(NC(=O)CCCN(C)C(=O)OC(C)(C)C)C1C. The summed E-state index contributed by atoms with van der Waals surface area (Å²) < 4.78 is 5.29. The molecule has 1 N–H and O–H groups in total. The molecule has 23 heavy (non-hydrogen) atoms. The van der Waals surface area contributed by atoms with Crippen LogP contribution >= 0.6 is 0 Å². The second-order valence-corrected chi connectivity index (χ2v) is 7.95. The van der Waals surface area contributed by atoms with E-state index in [1.807, 2.05) is 20.8 Å². The smallest absolute Gasteiger partial charge is 0.410 e. The third-order valence-corrected chi connectivity index (χ3v) is 4.66. The summed E-state index contributed by atoms with van der Waals surface area (Å²) in [6, 6.07) is 0.301. The molecule has 0 heterocycles. The minimum Gasteiger partial charge on any atom is -0.444 e. The molecule has 0 aromatic rings. The summed E-state index contributed by atoms with van der Waals surface area (Å²) in [5.74, 6) is 1.30. The van der Waals surface area contributed by atoms with E-state index in [1.54, 1.807) is 7.05 Å². The predicted octanol–water partition coefficient (Wildman–Crippen LogP) is 3.57. The lowest BCUT2D eigenvalue weighted by molar-refractivity contribution is -0.122. The van der Waals surface area contributed by atoms with Crippen molar-refractivity contribution in [1.29, 1.82) is 0 Å². The van der Waals surface area contributed by atoms with E-state index in [0.717, 1.165) is 6.42 Å². The van der Waals surface area contributed by atoms with E-state index >= 15 is 0 Å². The summed E-state index contributed by atoms with van der Waals surface area (Å²) in [7, 11) is 1.71. The number of hydrogen-bond donors (Lipinski definition) is 1. The van der Waals surface area contributed by atoms with Crippen molar-refractivity contribution in [1.82, 2.24) is 10.2 Å². The minimum absolute atomic E-state index is 0.0912. The Kier molecular flexibility index (Phi) is 7.36. The van der Waals surface area contributed by atoms with Crippen molar-refractivity contribution in [2.24, 2.45) is 11.8 Å². The van der Waals surface area contributed by atoms with E-state index in [1.165, 1.54) is 17.7 Å². The summed E-state index contributed by atoms with van der Waals surface area (Å²) in [5, 5.41) is 3.17. The van der Waals surface area contributed by atoms with E-state index in [4.69, 9.17) is 4.74 Å². The summed E-state index contributed by atoms with van der Waals surface area (Å²) in [4.78, 5) is 25.5. The first-order chi connectivity index (χ1) is 10.6. The van der Waals surface area contributed by atoms with Crippen LogP contribution in [-0.2, 0) is 9.53 Å². The van der Waals surface area contributed by atoms with Crippen LogP contribution in [0.15, 0.2) is 0 Å². The maximum atomic E-state index is 12.1. The average Bonchev–Trinajstić information content (AvgIpc) is 2.42. The molecule has 0 spiro atoms. The number of carbonyl (C=O) groups is 2. The van der Waals surface area contributed by atoms with Gasteiger partial charge in [-0.3, -0.25) is 4.79 Å². The molecule has 0 saturated heterocycles. The first-order valence-electron chi connectivity index (χ1n) is 8.83. The molecular weight excluding hydrogens is 292 g/mol. The molecule has 1 fully saturated rings. The van der Waals surface area contributed by atoms with Crippen LogP contribution in [0.4, 0.5) is 4.79 Å². The van der Waals surface area contributed by atoms with E-state index in [2.05, 4.69) is 19.2 Å². The van der Waals surface area contributed by atoms with Crippen molar-refractivity contribution >= 4 is 12.0 Å². The van der Waals surface area contributed by atoms with Gasteiger partial charge in [0.15, 0.2) is 0 Å². The monoisotopic (exact) mass is 326 g/mol. The zero-order valence-electron chi connectivity index (χ0n) is 15.6. The molecule has 3 atom stereocenters. The molecule has 134 valence electrons. The maximum absolute atomic E-state index is 12.1. The Morgan fingerprint density at radius 3 is 2.48 bits per heavy atom. The molecule has 1 aliphatic rings. The Morgan fingerprint density at radius 2 is 1.87 bits per heavy atom. The normalized spacial score (nSPS) is 24.9. The zero-order valence-corrected chi connectivity index (χ0v) is 15.6. The molecular formula is C18H34N2O3.